The van der Waals surface area contributed by atoms with Gasteiger partial charge >= 0.3 is 12.1 Å². The fourth-order valence-electron chi connectivity index (χ4n) is 1.27. The standard InChI is InChI=1S/C12H11F3O3/c1-3-6-18-10-5-4-8(11(16)17-2)7-9(10)12(13,14)15/h3-5,7H,1,6H2,2H3. The predicted molar refractivity (Wildman–Crippen MR) is 58.5 cm³/mol. The molecule has 0 bridgehead atoms. The minimum absolute atomic E-state index is 0.0549. The smallest absolute Gasteiger partial charge is 0.419 e. The highest BCUT2D eigenvalue weighted by atomic mass is 19.4. The third kappa shape index (κ3) is 3.26. The van der Waals surface area contributed by atoms with Gasteiger partial charge in [0.05, 0.1) is 18.2 Å². The summed E-state index contributed by atoms with van der Waals surface area (Å²) in [6, 6.07) is 2.99. The molecule has 98 valence electrons. The Morgan fingerprint density at radius 2 is 2.11 bits per heavy atom. The summed E-state index contributed by atoms with van der Waals surface area (Å²) in [6.07, 6.45) is -3.28. The molecule has 1 rings (SSSR count). The molecule has 0 saturated carbocycles. The highest BCUT2D eigenvalue weighted by Crippen LogP contribution is 2.36. The van der Waals surface area contributed by atoms with E-state index in [2.05, 4.69) is 11.3 Å². The van der Waals surface area contributed by atoms with Gasteiger partial charge in [0.1, 0.15) is 12.4 Å². The quantitative estimate of drug-likeness (QED) is 0.616. The summed E-state index contributed by atoms with van der Waals surface area (Å²) in [6.45, 7) is 3.29. The summed E-state index contributed by atoms with van der Waals surface area (Å²) in [5, 5.41) is 0. The topological polar surface area (TPSA) is 35.5 Å². The van der Waals surface area contributed by atoms with Crippen LogP contribution in [-0.2, 0) is 10.9 Å². The number of ether oxygens (including phenoxy) is 2. The molecule has 0 spiro atoms. The van der Waals surface area contributed by atoms with Crippen molar-refractivity contribution in [2.24, 2.45) is 0 Å². The van der Waals surface area contributed by atoms with Gasteiger partial charge in [-0.05, 0) is 18.2 Å². The lowest BCUT2D eigenvalue weighted by Crippen LogP contribution is -2.11. The Bertz CT molecular complexity index is 452. The summed E-state index contributed by atoms with van der Waals surface area (Å²) < 4.78 is 47.5. The predicted octanol–water partition coefficient (Wildman–Crippen LogP) is 3.06. The monoisotopic (exact) mass is 260 g/mol. The second kappa shape index (κ2) is 5.57. The molecule has 3 nitrogen and oxygen atoms in total. The first-order valence-electron chi connectivity index (χ1n) is 4.93. The molecule has 0 N–H and O–H groups in total. The maximum Gasteiger partial charge on any atom is 0.419 e. The van der Waals surface area contributed by atoms with Crippen molar-refractivity contribution in [2.45, 2.75) is 6.18 Å². The van der Waals surface area contributed by atoms with E-state index in [1.165, 1.54) is 12.1 Å². The largest absolute Gasteiger partial charge is 0.489 e. The highest BCUT2D eigenvalue weighted by Gasteiger charge is 2.35. The number of methoxy groups -OCH3 is 1. The van der Waals surface area contributed by atoms with Crippen molar-refractivity contribution in [2.75, 3.05) is 13.7 Å². The lowest BCUT2D eigenvalue weighted by Gasteiger charge is -2.14. The number of esters is 1. The van der Waals surface area contributed by atoms with Crippen LogP contribution < -0.4 is 4.74 Å². The molecule has 1 aromatic carbocycles. The van der Waals surface area contributed by atoms with Crippen LogP contribution in [0.2, 0.25) is 0 Å². The van der Waals surface area contributed by atoms with Gasteiger partial charge in [-0.15, -0.1) is 0 Å². The Balaban J connectivity index is 3.20. The highest BCUT2D eigenvalue weighted by molar-refractivity contribution is 5.89. The molecule has 0 aliphatic rings. The maximum absolute atomic E-state index is 12.8. The molecule has 0 atom stereocenters. The number of carbonyl (C=O) groups excluding carboxylic acids is 1. The second-order valence-corrected chi connectivity index (χ2v) is 3.30. The van der Waals surface area contributed by atoms with Gasteiger partial charge in [0.2, 0.25) is 0 Å². The Hall–Kier alpha value is -1.98. The second-order valence-electron chi connectivity index (χ2n) is 3.30. The summed E-state index contributed by atoms with van der Waals surface area (Å²) in [4.78, 5) is 11.2. The molecule has 0 heterocycles. The van der Waals surface area contributed by atoms with Crippen LogP contribution >= 0.6 is 0 Å². The van der Waals surface area contributed by atoms with Crippen LogP contribution in [0.1, 0.15) is 15.9 Å². The van der Waals surface area contributed by atoms with Gasteiger partial charge in [0.15, 0.2) is 0 Å². The van der Waals surface area contributed by atoms with E-state index in [1.807, 2.05) is 0 Å². The van der Waals surface area contributed by atoms with E-state index in [9.17, 15) is 18.0 Å². The maximum atomic E-state index is 12.8. The van der Waals surface area contributed by atoms with Crippen molar-refractivity contribution in [1.29, 1.82) is 0 Å². The Morgan fingerprint density at radius 3 is 2.61 bits per heavy atom. The minimum Gasteiger partial charge on any atom is -0.489 e. The number of carbonyl (C=O) groups is 1. The lowest BCUT2D eigenvalue weighted by molar-refractivity contribution is -0.138. The number of alkyl halides is 3. The fourth-order valence-corrected chi connectivity index (χ4v) is 1.27. The number of rotatable bonds is 4. The van der Waals surface area contributed by atoms with Crippen molar-refractivity contribution >= 4 is 5.97 Å². The van der Waals surface area contributed by atoms with Gasteiger partial charge in [0.25, 0.3) is 0 Å². The van der Waals surface area contributed by atoms with Crippen molar-refractivity contribution in [3.8, 4) is 5.75 Å². The van der Waals surface area contributed by atoms with Gasteiger partial charge in [-0.25, -0.2) is 4.79 Å². The lowest BCUT2D eigenvalue weighted by atomic mass is 10.1. The van der Waals surface area contributed by atoms with E-state index in [0.717, 1.165) is 13.2 Å². The van der Waals surface area contributed by atoms with Crippen LogP contribution in [0.3, 0.4) is 0 Å². The zero-order valence-electron chi connectivity index (χ0n) is 9.58. The molecular weight excluding hydrogens is 249 g/mol. The van der Waals surface area contributed by atoms with Crippen molar-refractivity contribution < 1.29 is 27.4 Å². The van der Waals surface area contributed by atoms with E-state index in [0.29, 0.717) is 6.07 Å². The molecule has 1 aromatic rings. The zero-order valence-corrected chi connectivity index (χ0v) is 9.58. The third-order valence-corrected chi connectivity index (χ3v) is 2.06. The van der Waals surface area contributed by atoms with Gasteiger partial charge in [0, 0.05) is 0 Å². The molecular formula is C12H11F3O3. The molecule has 0 amide bonds. The Morgan fingerprint density at radius 1 is 1.44 bits per heavy atom. The summed E-state index contributed by atoms with van der Waals surface area (Å²) in [5.41, 5.74) is -1.21. The molecule has 0 radical (unpaired) electrons. The van der Waals surface area contributed by atoms with Gasteiger partial charge in [-0.3, -0.25) is 0 Å². The zero-order chi connectivity index (χ0) is 13.8. The first kappa shape index (κ1) is 14.1. The van der Waals surface area contributed by atoms with Crippen molar-refractivity contribution in [1.82, 2.24) is 0 Å². The minimum atomic E-state index is -4.61. The summed E-state index contributed by atoms with van der Waals surface area (Å²) in [7, 11) is 1.09. The molecule has 6 heteroatoms. The molecule has 18 heavy (non-hydrogen) atoms. The van der Waals surface area contributed by atoms with Crippen molar-refractivity contribution in [3.63, 3.8) is 0 Å². The van der Waals surface area contributed by atoms with Crippen LogP contribution in [0.4, 0.5) is 13.2 Å². The Labute approximate surface area is 102 Å². The van der Waals surface area contributed by atoms with Crippen LogP contribution in [0.15, 0.2) is 30.9 Å². The molecule has 0 aliphatic carbocycles. The van der Waals surface area contributed by atoms with Crippen LogP contribution in [0.5, 0.6) is 5.75 Å². The van der Waals surface area contributed by atoms with E-state index >= 15 is 0 Å². The first-order valence-corrected chi connectivity index (χ1v) is 4.93. The van der Waals surface area contributed by atoms with E-state index in [4.69, 9.17) is 4.74 Å². The van der Waals surface area contributed by atoms with E-state index in [1.54, 1.807) is 0 Å². The van der Waals surface area contributed by atoms with Crippen LogP contribution in [-0.4, -0.2) is 19.7 Å². The number of halogens is 3. The molecule has 0 aliphatic heterocycles. The van der Waals surface area contributed by atoms with Gasteiger partial charge in [-0.1, -0.05) is 12.7 Å². The molecule has 0 fully saturated rings. The molecule has 0 aromatic heterocycles. The SMILES string of the molecule is C=CCOc1ccc(C(=O)OC)cc1C(F)(F)F. The van der Waals surface area contributed by atoms with Crippen molar-refractivity contribution in [3.05, 3.63) is 42.0 Å². The van der Waals surface area contributed by atoms with Crippen LogP contribution in [0, 0.1) is 0 Å². The third-order valence-electron chi connectivity index (χ3n) is 2.06. The van der Waals surface area contributed by atoms with Gasteiger partial charge < -0.3 is 9.47 Å². The number of hydrogen-bond donors (Lipinski definition) is 0. The molecule has 0 saturated heterocycles. The van der Waals surface area contributed by atoms with Gasteiger partial charge in [-0.2, -0.15) is 13.2 Å². The summed E-state index contributed by atoms with van der Waals surface area (Å²) >= 11 is 0. The number of hydrogen-bond acceptors (Lipinski definition) is 3. The van der Waals surface area contributed by atoms with E-state index < -0.39 is 17.7 Å². The molecule has 0 unspecified atom stereocenters. The average Bonchev–Trinajstić information content (AvgIpc) is 2.34. The van der Waals surface area contributed by atoms with Crippen LogP contribution in [0.25, 0.3) is 0 Å². The normalized spacial score (nSPS) is 10.9. The first-order chi connectivity index (χ1) is 8.40. The summed E-state index contributed by atoms with van der Waals surface area (Å²) in [5.74, 6) is -1.19. The fraction of sp³-hybridized carbons (Fsp3) is 0.250. The number of benzene rings is 1. The van der Waals surface area contributed by atoms with E-state index in [-0.39, 0.29) is 17.9 Å². The Kier molecular flexibility index (Phi) is 4.36. The average molecular weight is 260 g/mol.